The number of alkyl halides is 2. The molecule has 1 N–H and O–H groups in total. The van der Waals surface area contributed by atoms with Gasteiger partial charge in [-0.15, -0.1) is 0 Å². The lowest BCUT2D eigenvalue weighted by molar-refractivity contribution is -0.0620. The molecule has 2 nitrogen and oxygen atoms in total. The third-order valence-electron chi connectivity index (χ3n) is 3.70. The average molecular weight is 255 g/mol. The zero-order valence-electron chi connectivity index (χ0n) is 10.6. The summed E-state index contributed by atoms with van der Waals surface area (Å²) in [5, 5.41) is 10.1. The summed E-state index contributed by atoms with van der Waals surface area (Å²) in [5.41, 5.74) is 1.90. The van der Waals surface area contributed by atoms with Crippen molar-refractivity contribution in [2.45, 2.75) is 51.1 Å². The van der Waals surface area contributed by atoms with Gasteiger partial charge in [-0.25, -0.2) is 8.78 Å². The van der Waals surface area contributed by atoms with Gasteiger partial charge in [0.15, 0.2) is 0 Å². The zero-order valence-corrected chi connectivity index (χ0v) is 10.6. The number of nitrogens with zero attached hydrogens (tertiary/aromatic N) is 1. The number of hydrogen-bond donors (Lipinski definition) is 1. The fourth-order valence-corrected chi connectivity index (χ4v) is 2.45. The van der Waals surface area contributed by atoms with Crippen molar-refractivity contribution < 1.29 is 13.9 Å². The van der Waals surface area contributed by atoms with Gasteiger partial charge in [0.05, 0.1) is 6.10 Å². The normalized spacial score (nSPS) is 21.8. The zero-order chi connectivity index (χ0) is 13.2. The first-order chi connectivity index (χ1) is 8.46. The fraction of sp³-hybridized carbons (Fsp3) is 0.643. The molecule has 1 aromatic rings. The van der Waals surface area contributed by atoms with E-state index in [1.165, 1.54) is 0 Å². The average Bonchev–Trinajstić information content (AvgIpc) is 2.32. The van der Waals surface area contributed by atoms with Crippen molar-refractivity contribution in [3.05, 3.63) is 29.6 Å². The van der Waals surface area contributed by atoms with E-state index in [9.17, 15) is 13.9 Å². The van der Waals surface area contributed by atoms with Crippen LogP contribution in [0.25, 0.3) is 0 Å². The molecule has 0 bridgehead atoms. The van der Waals surface area contributed by atoms with Crippen LogP contribution in [0.2, 0.25) is 0 Å². The summed E-state index contributed by atoms with van der Waals surface area (Å²) in [4.78, 5) is 4.23. The van der Waals surface area contributed by atoms with Crippen molar-refractivity contribution >= 4 is 0 Å². The highest BCUT2D eigenvalue weighted by Crippen LogP contribution is 2.37. The van der Waals surface area contributed by atoms with Crippen molar-refractivity contribution in [3.8, 4) is 0 Å². The summed E-state index contributed by atoms with van der Waals surface area (Å²) < 4.78 is 26.0. The van der Waals surface area contributed by atoms with Gasteiger partial charge >= 0.3 is 0 Å². The highest BCUT2D eigenvalue weighted by molar-refractivity contribution is 5.13. The summed E-state index contributed by atoms with van der Waals surface area (Å²) in [6, 6.07) is 3.83. The van der Waals surface area contributed by atoms with E-state index < -0.39 is 12.0 Å². The summed E-state index contributed by atoms with van der Waals surface area (Å²) in [5.74, 6) is -2.55. The molecule has 1 aliphatic rings. The van der Waals surface area contributed by atoms with Gasteiger partial charge in [0, 0.05) is 31.2 Å². The topological polar surface area (TPSA) is 33.1 Å². The van der Waals surface area contributed by atoms with Crippen LogP contribution in [0.5, 0.6) is 0 Å². The second-order valence-electron chi connectivity index (χ2n) is 5.29. The van der Waals surface area contributed by atoms with Crippen LogP contribution >= 0.6 is 0 Å². The summed E-state index contributed by atoms with van der Waals surface area (Å²) in [7, 11) is 0. The molecule has 1 aliphatic carbocycles. The van der Waals surface area contributed by atoms with E-state index in [1.54, 1.807) is 6.20 Å². The lowest BCUT2D eigenvalue weighted by atomic mass is 9.82. The number of pyridine rings is 1. The third kappa shape index (κ3) is 3.48. The van der Waals surface area contributed by atoms with E-state index in [1.807, 2.05) is 19.1 Å². The number of aromatic nitrogens is 1. The highest BCUT2D eigenvalue weighted by Gasteiger charge is 2.37. The molecule has 1 saturated carbocycles. The third-order valence-corrected chi connectivity index (χ3v) is 3.70. The number of hydrogen-bond acceptors (Lipinski definition) is 2. The Morgan fingerprint density at radius 2 is 2.06 bits per heavy atom. The molecule has 100 valence electrons. The first-order valence-electron chi connectivity index (χ1n) is 6.44. The Kier molecular flexibility index (Phi) is 3.95. The number of rotatable bonds is 3. The molecule has 0 radical (unpaired) electrons. The van der Waals surface area contributed by atoms with Crippen molar-refractivity contribution in [2.75, 3.05) is 0 Å². The molecule has 0 aliphatic heterocycles. The largest absolute Gasteiger partial charge is 0.392 e. The molecule has 1 aromatic heterocycles. The van der Waals surface area contributed by atoms with Crippen LogP contribution in [-0.2, 0) is 6.42 Å². The lowest BCUT2D eigenvalue weighted by Crippen LogP contribution is -2.32. The molecular weight excluding hydrogens is 236 g/mol. The van der Waals surface area contributed by atoms with E-state index in [-0.39, 0.29) is 18.8 Å². The first-order valence-corrected chi connectivity index (χ1v) is 6.44. The molecule has 0 saturated heterocycles. The van der Waals surface area contributed by atoms with Gasteiger partial charge in [0.25, 0.3) is 0 Å². The minimum Gasteiger partial charge on any atom is -0.392 e. The predicted octanol–water partition coefficient (Wildman–Crippen LogP) is 3.12. The fourth-order valence-electron chi connectivity index (χ4n) is 2.45. The number of aliphatic hydroxyl groups excluding tert-OH is 1. The van der Waals surface area contributed by atoms with Gasteiger partial charge in [-0.05, 0) is 37.3 Å². The summed E-state index contributed by atoms with van der Waals surface area (Å²) in [6.45, 7) is 1.95. The van der Waals surface area contributed by atoms with Gasteiger partial charge in [0.2, 0.25) is 5.92 Å². The van der Waals surface area contributed by atoms with E-state index in [4.69, 9.17) is 0 Å². The second-order valence-corrected chi connectivity index (χ2v) is 5.29. The second kappa shape index (κ2) is 5.31. The molecule has 2 rings (SSSR count). The van der Waals surface area contributed by atoms with Gasteiger partial charge in [0.1, 0.15) is 0 Å². The Morgan fingerprint density at radius 3 is 2.61 bits per heavy atom. The molecule has 1 unspecified atom stereocenters. The standard InChI is InChI=1S/C14H19F2NO/c1-10-2-3-12(17-9-10)8-13(18)11-4-6-14(15,16)7-5-11/h2-3,9,11,13,18H,4-8H2,1H3. The van der Waals surface area contributed by atoms with E-state index in [0.717, 1.165) is 11.3 Å². The minimum atomic E-state index is -2.53. The number of halogens is 2. The summed E-state index contributed by atoms with van der Waals surface area (Å²) in [6.07, 6.45) is 2.26. The van der Waals surface area contributed by atoms with Crippen LogP contribution < -0.4 is 0 Å². The number of aryl methyl sites for hydroxylation is 1. The maximum atomic E-state index is 13.0. The van der Waals surface area contributed by atoms with Crippen LogP contribution in [0, 0.1) is 12.8 Å². The molecule has 0 amide bonds. The minimum absolute atomic E-state index is 0.0206. The molecular formula is C14H19F2NO. The van der Waals surface area contributed by atoms with Crippen molar-refractivity contribution in [2.24, 2.45) is 5.92 Å². The lowest BCUT2D eigenvalue weighted by Gasteiger charge is -2.31. The molecule has 0 spiro atoms. The molecule has 4 heteroatoms. The van der Waals surface area contributed by atoms with Crippen molar-refractivity contribution in [1.29, 1.82) is 0 Å². The summed E-state index contributed by atoms with van der Waals surface area (Å²) >= 11 is 0. The molecule has 1 atom stereocenters. The molecule has 18 heavy (non-hydrogen) atoms. The quantitative estimate of drug-likeness (QED) is 0.900. The predicted molar refractivity (Wildman–Crippen MR) is 65.6 cm³/mol. The van der Waals surface area contributed by atoms with Crippen LogP contribution in [0.15, 0.2) is 18.3 Å². The van der Waals surface area contributed by atoms with Gasteiger partial charge in [-0.3, -0.25) is 4.98 Å². The first kappa shape index (κ1) is 13.4. The molecule has 1 heterocycles. The van der Waals surface area contributed by atoms with Crippen LogP contribution in [0.4, 0.5) is 8.78 Å². The van der Waals surface area contributed by atoms with Crippen molar-refractivity contribution in [1.82, 2.24) is 4.98 Å². The van der Waals surface area contributed by atoms with E-state index in [2.05, 4.69) is 4.98 Å². The Balaban J connectivity index is 1.89. The SMILES string of the molecule is Cc1ccc(CC(O)C2CCC(F)(F)CC2)nc1. The Morgan fingerprint density at radius 1 is 1.39 bits per heavy atom. The molecule has 0 aromatic carbocycles. The van der Waals surface area contributed by atoms with E-state index >= 15 is 0 Å². The Bertz CT molecular complexity index is 381. The van der Waals surface area contributed by atoms with Gasteiger partial charge < -0.3 is 5.11 Å². The maximum Gasteiger partial charge on any atom is 0.248 e. The smallest absolute Gasteiger partial charge is 0.248 e. The number of aliphatic hydroxyl groups is 1. The van der Waals surface area contributed by atoms with Gasteiger partial charge in [-0.2, -0.15) is 0 Å². The Hall–Kier alpha value is -1.03. The van der Waals surface area contributed by atoms with Crippen molar-refractivity contribution in [3.63, 3.8) is 0 Å². The van der Waals surface area contributed by atoms with Crippen LogP contribution in [0.1, 0.15) is 36.9 Å². The van der Waals surface area contributed by atoms with E-state index in [0.29, 0.717) is 19.3 Å². The van der Waals surface area contributed by atoms with Crippen LogP contribution in [-0.4, -0.2) is 22.1 Å². The monoisotopic (exact) mass is 255 g/mol. The maximum absolute atomic E-state index is 13.0. The van der Waals surface area contributed by atoms with Crippen LogP contribution in [0.3, 0.4) is 0 Å². The highest BCUT2D eigenvalue weighted by atomic mass is 19.3. The molecule has 1 fully saturated rings. The van der Waals surface area contributed by atoms with Gasteiger partial charge in [-0.1, -0.05) is 6.07 Å². The Labute approximate surface area is 106 Å².